The Morgan fingerprint density at radius 2 is 1.76 bits per heavy atom. The van der Waals surface area contributed by atoms with Crippen LogP contribution in [0.2, 0.25) is 0 Å². The van der Waals surface area contributed by atoms with Gasteiger partial charge in [-0.05, 0) is 75.4 Å². The van der Waals surface area contributed by atoms with Gasteiger partial charge in [0.05, 0.1) is 0 Å². The number of likely N-dealkylation sites (N-methyl/N-ethyl adjacent to an activating group) is 1. The maximum Gasteiger partial charge on any atom is 0.266 e. The molecule has 0 radical (unpaired) electrons. The van der Waals surface area contributed by atoms with Crippen LogP contribution in [-0.4, -0.2) is 78.6 Å². The van der Waals surface area contributed by atoms with Crippen LogP contribution >= 0.6 is 12.2 Å². The van der Waals surface area contributed by atoms with Crippen LogP contribution in [0.5, 0.6) is 5.75 Å². The molecule has 3 aliphatic rings. The molecule has 0 atom stereocenters. The molecule has 0 spiro atoms. The molecule has 0 saturated carbocycles. The van der Waals surface area contributed by atoms with Crippen molar-refractivity contribution in [2.24, 2.45) is 5.92 Å². The van der Waals surface area contributed by atoms with Crippen molar-refractivity contribution in [2.45, 2.75) is 25.7 Å². The van der Waals surface area contributed by atoms with Crippen LogP contribution in [-0.2, 0) is 11.2 Å². The molecule has 6 nitrogen and oxygen atoms in total. The molecule has 0 bridgehead atoms. The van der Waals surface area contributed by atoms with E-state index in [-0.39, 0.29) is 5.92 Å². The SMILES string of the molecule is CN1CCN(C(=O)C2CCN(CCc3ccc(OC(=S)NC4=CC=CC=CC4)cc3)CC2)CC1. The van der Waals surface area contributed by atoms with Gasteiger partial charge in [0.15, 0.2) is 0 Å². The smallest absolute Gasteiger partial charge is 0.266 e. The second kappa shape index (κ2) is 12.3. The molecule has 1 aromatic carbocycles. The molecule has 7 heteroatoms. The van der Waals surface area contributed by atoms with Gasteiger partial charge in [-0.15, -0.1) is 0 Å². The molecule has 2 saturated heterocycles. The number of piperazine rings is 1. The molecule has 1 N–H and O–H groups in total. The molecule has 1 aliphatic carbocycles. The average molecular weight is 481 g/mol. The quantitative estimate of drug-likeness (QED) is 0.630. The zero-order valence-electron chi connectivity index (χ0n) is 20.1. The average Bonchev–Trinajstić information content (AvgIpc) is 3.12. The summed E-state index contributed by atoms with van der Waals surface area (Å²) in [4.78, 5) is 19.7. The van der Waals surface area contributed by atoms with E-state index in [2.05, 4.69) is 45.3 Å². The van der Waals surface area contributed by atoms with Crippen LogP contribution in [0.1, 0.15) is 24.8 Å². The first-order valence-corrected chi connectivity index (χ1v) is 12.8. The molecular weight excluding hydrogens is 444 g/mol. The number of piperidine rings is 1. The largest absolute Gasteiger partial charge is 0.432 e. The molecule has 4 rings (SSSR count). The summed E-state index contributed by atoms with van der Waals surface area (Å²) < 4.78 is 5.78. The van der Waals surface area contributed by atoms with E-state index >= 15 is 0 Å². The zero-order chi connectivity index (χ0) is 23.8. The number of benzene rings is 1. The minimum Gasteiger partial charge on any atom is -0.432 e. The molecule has 2 heterocycles. The van der Waals surface area contributed by atoms with E-state index < -0.39 is 0 Å². The zero-order valence-corrected chi connectivity index (χ0v) is 20.9. The molecule has 34 heavy (non-hydrogen) atoms. The van der Waals surface area contributed by atoms with Gasteiger partial charge < -0.3 is 24.8 Å². The van der Waals surface area contributed by atoms with Crippen molar-refractivity contribution < 1.29 is 9.53 Å². The van der Waals surface area contributed by atoms with Crippen LogP contribution in [0.3, 0.4) is 0 Å². The molecule has 182 valence electrons. The Kier molecular flexibility index (Phi) is 8.91. The van der Waals surface area contributed by atoms with Crippen LogP contribution in [0, 0.1) is 5.92 Å². The van der Waals surface area contributed by atoms with Crippen LogP contribution in [0.25, 0.3) is 0 Å². The van der Waals surface area contributed by atoms with E-state index in [9.17, 15) is 4.79 Å². The lowest BCUT2D eigenvalue weighted by atomic mass is 9.94. The van der Waals surface area contributed by atoms with Crippen LogP contribution in [0.15, 0.2) is 60.3 Å². The number of rotatable bonds is 6. The number of likely N-dealkylation sites (tertiary alicyclic amines) is 1. The Hall–Kier alpha value is -2.48. The van der Waals surface area contributed by atoms with Crippen LogP contribution in [0.4, 0.5) is 0 Å². The number of carbonyl (C=O) groups excluding carboxylic acids is 1. The first-order valence-electron chi connectivity index (χ1n) is 12.4. The number of thiocarbonyl (C=S) groups is 1. The van der Waals surface area contributed by atoms with E-state index in [4.69, 9.17) is 17.0 Å². The predicted octanol–water partition coefficient (Wildman–Crippen LogP) is 3.37. The summed E-state index contributed by atoms with van der Waals surface area (Å²) in [5, 5.41) is 3.51. The van der Waals surface area contributed by atoms with Crippen molar-refractivity contribution in [3.05, 3.63) is 65.9 Å². The first-order chi connectivity index (χ1) is 16.6. The van der Waals surface area contributed by atoms with E-state index in [1.165, 1.54) is 5.56 Å². The number of allylic oxidation sites excluding steroid dienone is 5. The highest BCUT2D eigenvalue weighted by molar-refractivity contribution is 7.80. The van der Waals surface area contributed by atoms with E-state index in [0.717, 1.165) is 82.9 Å². The lowest BCUT2D eigenvalue weighted by molar-refractivity contribution is -0.138. The van der Waals surface area contributed by atoms with Gasteiger partial charge in [-0.1, -0.05) is 36.4 Å². The van der Waals surface area contributed by atoms with Crippen molar-refractivity contribution in [1.29, 1.82) is 0 Å². The van der Waals surface area contributed by atoms with Gasteiger partial charge in [0.2, 0.25) is 5.91 Å². The fourth-order valence-electron chi connectivity index (χ4n) is 4.63. The molecule has 0 aromatic heterocycles. The minimum absolute atomic E-state index is 0.203. The van der Waals surface area contributed by atoms with Crippen molar-refractivity contribution in [3.8, 4) is 5.75 Å². The van der Waals surface area contributed by atoms with Crippen LogP contribution < -0.4 is 10.1 Å². The number of hydrogen-bond donors (Lipinski definition) is 1. The first kappa shape index (κ1) is 24.6. The molecule has 1 amide bonds. The lowest BCUT2D eigenvalue weighted by Crippen LogP contribution is -2.50. The molecule has 2 aliphatic heterocycles. The maximum atomic E-state index is 12.8. The number of ether oxygens (including phenoxy) is 1. The Balaban J connectivity index is 1.16. The number of nitrogens with one attached hydrogen (secondary N) is 1. The molecular formula is C27H36N4O2S. The minimum atomic E-state index is 0.203. The predicted molar refractivity (Wildman–Crippen MR) is 141 cm³/mol. The number of hydrogen-bond acceptors (Lipinski definition) is 5. The monoisotopic (exact) mass is 480 g/mol. The molecule has 2 fully saturated rings. The second-order valence-corrected chi connectivity index (χ2v) is 9.73. The fraction of sp³-hybridized carbons (Fsp3) is 0.481. The Morgan fingerprint density at radius 3 is 2.50 bits per heavy atom. The number of amides is 1. The third-order valence-electron chi connectivity index (χ3n) is 6.86. The summed E-state index contributed by atoms with van der Waals surface area (Å²) in [5.41, 5.74) is 2.30. The van der Waals surface area contributed by atoms with Gasteiger partial charge in [-0.25, -0.2) is 0 Å². The Bertz CT molecular complexity index is 924. The molecule has 0 unspecified atom stereocenters. The van der Waals surface area contributed by atoms with E-state index in [1.807, 2.05) is 36.4 Å². The van der Waals surface area contributed by atoms with Gasteiger partial charge in [0.1, 0.15) is 5.75 Å². The van der Waals surface area contributed by atoms with Gasteiger partial charge in [-0.2, -0.15) is 0 Å². The van der Waals surface area contributed by atoms with Crippen molar-refractivity contribution in [2.75, 3.05) is 52.9 Å². The van der Waals surface area contributed by atoms with Crippen molar-refractivity contribution >= 4 is 23.3 Å². The standard InChI is InChI=1S/C27H36N4O2S/c1-29-18-20-31(21-19-29)26(32)23-13-16-30(17-14-23)15-12-22-8-10-25(11-9-22)33-27(34)28-24-6-4-2-3-5-7-24/h2-6,8-11,23H,7,12-21H2,1H3,(H,28,34). The highest BCUT2D eigenvalue weighted by Crippen LogP contribution is 2.21. The fourth-order valence-corrected chi connectivity index (χ4v) is 4.86. The van der Waals surface area contributed by atoms with Crippen molar-refractivity contribution in [1.82, 2.24) is 20.0 Å². The summed E-state index contributed by atoms with van der Waals surface area (Å²) in [6.45, 7) is 6.76. The summed E-state index contributed by atoms with van der Waals surface area (Å²) >= 11 is 5.35. The van der Waals surface area contributed by atoms with Gasteiger partial charge in [0.25, 0.3) is 5.17 Å². The Morgan fingerprint density at radius 1 is 1.03 bits per heavy atom. The Labute approximate surface area is 208 Å². The lowest BCUT2D eigenvalue weighted by Gasteiger charge is -2.37. The molecule has 1 aromatic rings. The van der Waals surface area contributed by atoms with E-state index in [0.29, 0.717) is 11.1 Å². The van der Waals surface area contributed by atoms with E-state index in [1.54, 1.807) is 0 Å². The summed E-state index contributed by atoms with van der Waals surface area (Å²) in [7, 11) is 2.13. The number of nitrogens with zero attached hydrogens (tertiary/aromatic N) is 3. The second-order valence-electron chi connectivity index (χ2n) is 9.36. The third kappa shape index (κ3) is 7.26. The van der Waals surface area contributed by atoms with Gasteiger partial charge >= 0.3 is 0 Å². The van der Waals surface area contributed by atoms with Crippen molar-refractivity contribution in [3.63, 3.8) is 0 Å². The normalized spacial score (nSPS) is 20.0. The topological polar surface area (TPSA) is 48.0 Å². The third-order valence-corrected chi connectivity index (χ3v) is 7.04. The number of carbonyl (C=O) groups is 1. The summed E-state index contributed by atoms with van der Waals surface area (Å²) in [6.07, 6.45) is 13.8. The van der Waals surface area contributed by atoms with Gasteiger partial charge in [-0.3, -0.25) is 4.79 Å². The highest BCUT2D eigenvalue weighted by Gasteiger charge is 2.29. The summed E-state index contributed by atoms with van der Waals surface area (Å²) in [6, 6.07) is 8.17. The van der Waals surface area contributed by atoms with Gasteiger partial charge in [0, 0.05) is 50.8 Å². The summed E-state index contributed by atoms with van der Waals surface area (Å²) in [5.74, 6) is 1.32. The maximum absolute atomic E-state index is 12.8. The highest BCUT2D eigenvalue weighted by atomic mass is 32.1.